The molecule has 0 aliphatic carbocycles. The molecule has 1 aromatic carbocycles. The van der Waals surface area contributed by atoms with Crippen molar-refractivity contribution in [2.45, 2.75) is 12.8 Å². The van der Waals surface area contributed by atoms with Crippen LogP contribution in [0.15, 0.2) is 30.5 Å². The lowest BCUT2D eigenvalue weighted by molar-refractivity contribution is 0.485. The Morgan fingerprint density at radius 1 is 1.21 bits per heavy atom. The van der Waals surface area contributed by atoms with Crippen molar-refractivity contribution in [1.29, 1.82) is 5.26 Å². The van der Waals surface area contributed by atoms with Crippen LogP contribution in [-0.2, 0) is 0 Å². The fourth-order valence-corrected chi connectivity index (χ4v) is 3.02. The molecule has 3 N–H and O–H groups in total. The van der Waals surface area contributed by atoms with Gasteiger partial charge in [-0.1, -0.05) is 12.1 Å². The van der Waals surface area contributed by atoms with Gasteiger partial charge in [-0.05, 0) is 25.0 Å². The standard InChI is InChI=1S/C17H17N7/c18-9-11-5-7-24(8-6-11)14-10-20-16(19)15(23-14)17-21-12-3-1-2-4-13(12)22-17/h1-4,10-11H,5-8H2,(H2,19,20)(H,21,22). The number of para-hydroxylation sites is 2. The maximum absolute atomic E-state index is 9.02. The van der Waals surface area contributed by atoms with Crippen molar-refractivity contribution < 1.29 is 0 Å². The number of nitrogens with two attached hydrogens (primary N) is 1. The molecule has 0 unspecified atom stereocenters. The van der Waals surface area contributed by atoms with Crippen molar-refractivity contribution in [1.82, 2.24) is 19.9 Å². The van der Waals surface area contributed by atoms with E-state index >= 15 is 0 Å². The minimum absolute atomic E-state index is 0.137. The summed E-state index contributed by atoms with van der Waals surface area (Å²) in [5, 5.41) is 9.02. The summed E-state index contributed by atoms with van der Waals surface area (Å²) in [6.45, 7) is 1.60. The van der Waals surface area contributed by atoms with E-state index in [0.29, 0.717) is 17.3 Å². The highest BCUT2D eigenvalue weighted by molar-refractivity contribution is 5.80. The molecule has 2 aromatic heterocycles. The third-order valence-electron chi connectivity index (χ3n) is 4.40. The molecule has 3 heterocycles. The van der Waals surface area contributed by atoms with Crippen molar-refractivity contribution >= 4 is 22.7 Å². The molecular formula is C17H17N7. The van der Waals surface area contributed by atoms with Crippen molar-refractivity contribution in [2.75, 3.05) is 23.7 Å². The molecular weight excluding hydrogens is 302 g/mol. The number of hydrogen-bond donors (Lipinski definition) is 2. The summed E-state index contributed by atoms with van der Waals surface area (Å²) >= 11 is 0. The Balaban J connectivity index is 1.68. The molecule has 24 heavy (non-hydrogen) atoms. The lowest BCUT2D eigenvalue weighted by Gasteiger charge is -2.30. The molecule has 3 aromatic rings. The van der Waals surface area contributed by atoms with Crippen LogP contribution in [0.4, 0.5) is 11.6 Å². The van der Waals surface area contributed by atoms with E-state index in [-0.39, 0.29) is 5.92 Å². The molecule has 0 amide bonds. The van der Waals surface area contributed by atoms with E-state index in [4.69, 9.17) is 11.0 Å². The quantitative estimate of drug-likeness (QED) is 0.750. The van der Waals surface area contributed by atoms with Gasteiger partial charge in [-0.3, -0.25) is 0 Å². The van der Waals surface area contributed by atoms with Gasteiger partial charge in [-0.25, -0.2) is 15.0 Å². The van der Waals surface area contributed by atoms with Crippen molar-refractivity contribution in [3.05, 3.63) is 30.5 Å². The molecule has 120 valence electrons. The highest BCUT2D eigenvalue weighted by atomic mass is 15.2. The molecule has 1 saturated heterocycles. The van der Waals surface area contributed by atoms with Crippen LogP contribution < -0.4 is 10.6 Å². The molecule has 7 nitrogen and oxygen atoms in total. The molecule has 1 fully saturated rings. The van der Waals surface area contributed by atoms with Crippen LogP contribution >= 0.6 is 0 Å². The third-order valence-corrected chi connectivity index (χ3v) is 4.40. The summed E-state index contributed by atoms with van der Waals surface area (Å²) < 4.78 is 0. The van der Waals surface area contributed by atoms with Gasteiger partial charge < -0.3 is 15.6 Å². The smallest absolute Gasteiger partial charge is 0.161 e. The van der Waals surface area contributed by atoms with Crippen molar-refractivity contribution in [3.63, 3.8) is 0 Å². The van der Waals surface area contributed by atoms with Crippen LogP contribution in [0.1, 0.15) is 12.8 Å². The van der Waals surface area contributed by atoms with Gasteiger partial charge in [0.25, 0.3) is 0 Å². The summed E-state index contributed by atoms with van der Waals surface area (Å²) in [6.07, 6.45) is 3.39. The van der Waals surface area contributed by atoms with Crippen LogP contribution in [0.5, 0.6) is 0 Å². The average molecular weight is 319 g/mol. The number of fused-ring (bicyclic) bond motifs is 1. The van der Waals surface area contributed by atoms with Gasteiger partial charge in [0.15, 0.2) is 17.3 Å². The lowest BCUT2D eigenvalue weighted by Crippen LogP contribution is -2.34. The van der Waals surface area contributed by atoms with E-state index < -0.39 is 0 Å². The molecule has 0 saturated carbocycles. The summed E-state index contributed by atoms with van der Waals surface area (Å²) in [5.41, 5.74) is 8.39. The second kappa shape index (κ2) is 5.81. The second-order valence-corrected chi connectivity index (χ2v) is 5.96. The van der Waals surface area contributed by atoms with E-state index in [1.165, 1.54) is 0 Å². The number of H-pyrrole nitrogens is 1. The van der Waals surface area contributed by atoms with Crippen LogP contribution in [-0.4, -0.2) is 33.0 Å². The number of hydrogen-bond acceptors (Lipinski definition) is 6. The van der Waals surface area contributed by atoms with Gasteiger partial charge in [0.2, 0.25) is 0 Å². The monoisotopic (exact) mass is 319 g/mol. The van der Waals surface area contributed by atoms with E-state index in [0.717, 1.165) is 42.8 Å². The van der Waals surface area contributed by atoms with E-state index in [1.807, 2.05) is 24.3 Å². The van der Waals surface area contributed by atoms with Crippen LogP contribution in [0.25, 0.3) is 22.6 Å². The molecule has 1 aliphatic rings. The number of benzene rings is 1. The SMILES string of the molecule is N#CC1CCN(c2cnc(N)c(-c3nc4ccccc4[nH]3)n2)CC1. The van der Waals surface area contributed by atoms with Gasteiger partial charge in [0.1, 0.15) is 5.82 Å². The molecule has 4 rings (SSSR count). The number of imidazole rings is 1. The zero-order valence-corrected chi connectivity index (χ0v) is 13.1. The summed E-state index contributed by atoms with van der Waals surface area (Å²) in [6, 6.07) is 10.1. The number of aromatic nitrogens is 4. The average Bonchev–Trinajstić information content (AvgIpc) is 3.06. The highest BCUT2D eigenvalue weighted by Gasteiger charge is 2.21. The highest BCUT2D eigenvalue weighted by Crippen LogP contribution is 2.27. The number of nitriles is 1. The van der Waals surface area contributed by atoms with Crippen LogP contribution in [0.3, 0.4) is 0 Å². The summed E-state index contributed by atoms with van der Waals surface area (Å²) in [5.74, 6) is 1.88. The van der Waals surface area contributed by atoms with Gasteiger partial charge >= 0.3 is 0 Å². The first-order valence-electron chi connectivity index (χ1n) is 7.97. The number of anilines is 2. The van der Waals surface area contributed by atoms with Gasteiger partial charge in [-0.15, -0.1) is 0 Å². The van der Waals surface area contributed by atoms with E-state index in [1.54, 1.807) is 6.20 Å². The largest absolute Gasteiger partial charge is 0.382 e. The normalized spacial score (nSPS) is 15.5. The number of nitrogens with zero attached hydrogens (tertiary/aromatic N) is 5. The fraction of sp³-hybridized carbons (Fsp3) is 0.294. The number of piperidine rings is 1. The summed E-state index contributed by atoms with van der Waals surface area (Å²) in [7, 11) is 0. The topological polar surface area (TPSA) is 108 Å². The Labute approximate surface area is 139 Å². The molecule has 7 heteroatoms. The molecule has 0 spiro atoms. The first-order chi connectivity index (χ1) is 11.7. The molecule has 0 bridgehead atoms. The Hall–Kier alpha value is -3.14. The van der Waals surface area contributed by atoms with Gasteiger partial charge in [-0.2, -0.15) is 5.26 Å². The van der Waals surface area contributed by atoms with Crippen LogP contribution in [0.2, 0.25) is 0 Å². The first kappa shape index (κ1) is 14.5. The van der Waals surface area contributed by atoms with E-state index in [2.05, 4.69) is 30.9 Å². The Kier molecular flexibility index (Phi) is 3.50. The molecule has 1 aliphatic heterocycles. The first-order valence-corrected chi connectivity index (χ1v) is 7.97. The minimum Gasteiger partial charge on any atom is -0.382 e. The lowest BCUT2D eigenvalue weighted by atomic mass is 9.99. The Morgan fingerprint density at radius 2 is 2.00 bits per heavy atom. The van der Waals surface area contributed by atoms with Crippen LogP contribution in [0, 0.1) is 17.2 Å². The number of rotatable bonds is 2. The zero-order chi connectivity index (χ0) is 16.5. The van der Waals surface area contributed by atoms with Gasteiger partial charge in [0, 0.05) is 19.0 Å². The maximum atomic E-state index is 9.02. The molecule has 0 radical (unpaired) electrons. The zero-order valence-electron chi connectivity index (χ0n) is 13.1. The predicted molar refractivity (Wildman–Crippen MR) is 92.1 cm³/mol. The fourth-order valence-electron chi connectivity index (χ4n) is 3.02. The number of nitrogen functional groups attached to an aromatic ring is 1. The summed E-state index contributed by atoms with van der Waals surface area (Å²) in [4.78, 5) is 18.9. The number of aromatic amines is 1. The second-order valence-electron chi connectivity index (χ2n) is 5.96. The van der Waals surface area contributed by atoms with Crippen molar-refractivity contribution in [3.8, 4) is 17.6 Å². The number of nitrogens with one attached hydrogen (secondary N) is 1. The Morgan fingerprint density at radius 3 is 2.75 bits per heavy atom. The predicted octanol–water partition coefficient (Wildman–Crippen LogP) is 2.34. The molecule has 0 atom stereocenters. The third kappa shape index (κ3) is 2.52. The van der Waals surface area contributed by atoms with Crippen molar-refractivity contribution in [2.24, 2.45) is 5.92 Å². The van der Waals surface area contributed by atoms with Gasteiger partial charge in [0.05, 0.1) is 23.3 Å². The maximum Gasteiger partial charge on any atom is 0.161 e. The minimum atomic E-state index is 0.137. The Bertz CT molecular complexity index is 883. The van der Waals surface area contributed by atoms with E-state index in [9.17, 15) is 0 Å².